The zero-order chi connectivity index (χ0) is 29.1. The molecule has 12 heteroatoms. The van der Waals surface area contributed by atoms with Crippen LogP contribution in [0.3, 0.4) is 0 Å². The second-order valence-corrected chi connectivity index (χ2v) is 11.7. The van der Waals surface area contributed by atoms with Crippen LogP contribution in [0.2, 0.25) is 0 Å². The maximum absolute atomic E-state index is 13.8. The van der Waals surface area contributed by atoms with Crippen LogP contribution in [0.15, 0.2) is 42.0 Å². The fraction of sp³-hybridized carbons (Fsp3) is 0.607. The van der Waals surface area contributed by atoms with Gasteiger partial charge >= 0.3 is 13.2 Å². The number of carbonyl (C=O) groups excluding carboxylic acids is 2. The zero-order valence-corrected chi connectivity index (χ0v) is 23.0. The normalized spacial score (nSPS) is 25.0. The third-order valence-electron chi connectivity index (χ3n) is 8.54. The van der Waals surface area contributed by atoms with Crippen LogP contribution in [0.1, 0.15) is 57.9 Å². The first-order valence-electron chi connectivity index (χ1n) is 13.8. The molecular formula is C28H37BF2N4O5. The summed E-state index contributed by atoms with van der Waals surface area (Å²) >= 11 is 0. The quantitative estimate of drug-likeness (QED) is 0.229. The number of amides is 2. The predicted octanol–water partition coefficient (Wildman–Crippen LogP) is 2.82. The number of alkyl halides is 2. The average molecular weight is 558 g/mol. The lowest BCUT2D eigenvalue weighted by Crippen LogP contribution is -2.51. The Hall–Kier alpha value is -3.01. The van der Waals surface area contributed by atoms with Crippen LogP contribution in [0, 0.1) is 11.3 Å². The molecule has 9 nitrogen and oxygen atoms in total. The monoisotopic (exact) mass is 558 g/mol. The van der Waals surface area contributed by atoms with Gasteiger partial charge in [0.05, 0.1) is 18.0 Å². The smallest absolute Gasteiger partial charge is 0.447 e. The molecular weight excluding hydrogens is 521 g/mol. The van der Waals surface area contributed by atoms with Gasteiger partial charge in [-0.15, -0.1) is 0 Å². The van der Waals surface area contributed by atoms with Crippen molar-refractivity contribution in [1.29, 1.82) is 5.26 Å². The number of rotatable bonds is 10. The summed E-state index contributed by atoms with van der Waals surface area (Å²) in [5.74, 6) is -4.24. The lowest BCUT2D eigenvalue weighted by atomic mass is 9.76. The van der Waals surface area contributed by atoms with E-state index >= 15 is 0 Å². The molecule has 0 spiro atoms. The molecule has 0 aliphatic carbocycles. The number of nitrogens with zero attached hydrogens (tertiary/aromatic N) is 3. The summed E-state index contributed by atoms with van der Waals surface area (Å²) in [4.78, 5) is 29.5. The highest BCUT2D eigenvalue weighted by Gasteiger charge is 2.55. The first-order valence-corrected chi connectivity index (χ1v) is 13.8. The van der Waals surface area contributed by atoms with Crippen LogP contribution in [-0.2, 0) is 16.0 Å². The number of nitriles is 1. The zero-order valence-electron chi connectivity index (χ0n) is 23.0. The fourth-order valence-electron chi connectivity index (χ4n) is 6.22. The Morgan fingerprint density at radius 1 is 1.25 bits per heavy atom. The van der Waals surface area contributed by atoms with Crippen LogP contribution in [0.4, 0.5) is 13.6 Å². The lowest BCUT2D eigenvalue weighted by Gasteiger charge is -2.36. The van der Waals surface area contributed by atoms with Gasteiger partial charge in [0.15, 0.2) is 0 Å². The minimum absolute atomic E-state index is 0.103. The van der Waals surface area contributed by atoms with Crippen LogP contribution < -0.4 is 5.32 Å². The summed E-state index contributed by atoms with van der Waals surface area (Å²) in [6, 6.07) is 11.3. The molecule has 4 rings (SSSR count). The van der Waals surface area contributed by atoms with E-state index in [2.05, 4.69) is 5.32 Å². The van der Waals surface area contributed by atoms with E-state index in [0.29, 0.717) is 32.1 Å². The van der Waals surface area contributed by atoms with Crippen molar-refractivity contribution in [2.75, 3.05) is 19.7 Å². The van der Waals surface area contributed by atoms with Crippen LogP contribution in [0.25, 0.3) is 0 Å². The molecule has 0 saturated carbocycles. The molecule has 0 aromatic heterocycles. The molecule has 3 fully saturated rings. The van der Waals surface area contributed by atoms with Crippen molar-refractivity contribution in [2.24, 2.45) is 0 Å². The Labute approximate surface area is 233 Å². The number of nitrogens with one attached hydrogen (secondary N) is 1. The van der Waals surface area contributed by atoms with Gasteiger partial charge in [-0.3, -0.25) is 9.69 Å². The van der Waals surface area contributed by atoms with Gasteiger partial charge in [-0.2, -0.15) is 5.26 Å². The molecule has 0 unspecified atom stereocenters. The maximum Gasteiger partial charge on any atom is 0.475 e. The number of ether oxygens (including phenoxy) is 1. The number of aryl methyl sites for hydroxylation is 1. The number of hydrogen-bond acceptors (Lipinski definition) is 7. The van der Waals surface area contributed by atoms with Crippen molar-refractivity contribution in [3.8, 4) is 6.07 Å². The summed E-state index contributed by atoms with van der Waals surface area (Å²) in [6.07, 6.45) is 3.77. The van der Waals surface area contributed by atoms with Crippen molar-refractivity contribution in [2.45, 2.75) is 87.8 Å². The number of alkyl carbamates (subject to hydrolysis) is 1. The van der Waals surface area contributed by atoms with Gasteiger partial charge in [-0.1, -0.05) is 30.3 Å². The summed E-state index contributed by atoms with van der Waals surface area (Å²) < 4.78 is 33.2. The number of likely N-dealkylation sites (tertiary alicyclic amines) is 1. The maximum atomic E-state index is 13.8. The highest BCUT2D eigenvalue weighted by molar-refractivity contribution is 6.43. The van der Waals surface area contributed by atoms with E-state index in [-0.39, 0.29) is 37.6 Å². The third-order valence-corrected chi connectivity index (χ3v) is 8.54. The van der Waals surface area contributed by atoms with Crippen molar-refractivity contribution in [3.05, 3.63) is 47.5 Å². The highest BCUT2D eigenvalue weighted by atomic mass is 19.3. The standard InChI is InChI=1S/C28H37BF2N4O5/c1-26(2,34-15-14-28(30,31)18-34)16-21(17-32)24(36)35-22-10-12-27(35,13-11-22)19-40-25(37)33-23(29(38)39)9-8-20-6-4-3-5-7-20/h3-7,16,22-23,38-39H,8-15,18-19H2,1-2H3,(H,33,37)/t22?,23-,27?/m0/s1. The summed E-state index contributed by atoms with van der Waals surface area (Å²) in [5, 5.41) is 31.9. The van der Waals surface area contributed by atoms with Crippen molar-refractivity contribution in [1.82, 2.24) is 15.1 Å². The van der Waals surface area contributed by atoms with Gasteiger partial charge in [-0.25, -0.2) is 13.6 Å². The van der Waals surface area contributed by atoms with E-state index in [1.54, 1.807) is 23.6 Å². The molecule has 0 radical (unpaired) electrons. The first kappa shape index (κ1) is 30.0. The second-order valence-electron chi connectivity index (χ2n) is 11.7. The molecule has 3 heterocycles. The molecule has 3 saturated heterocycles. The Morgan fingerprint density at radius 3 is 2.50 bits per heavy atom. The van der Waals surface area contributed by atoms with E-state index in [4.69, 9.17) is 4.74 Å². The Bertz CT molecular complexity index is 1150. The minimum Gasteiger partial charge on any atom is -0.447 e. The van der Waals surface area contributed by atoms with Crippen molar-refractivity contribution in [3.63, 3.8) is 0 Å². The number of hydrogen-bond donors (Lipinski definition) is 3. The second kappa shape index (κ2) is 11.8. The average Bonchev–Trinajstić information content (AvgIpc) is 3.59. The van der Waals surface area contributed by atoms with Crippen molar-refractivity contribution < 1.29 is 33.2 Å². The molecule has 40 heavy (non-hydrogen) atoms. The Kier molecular flexibility index (Phi) is 8.88. The molecule has 1 atom stereocenters. The van der Waals surface area contributed by atoms with E-state index < -0.39 is 48.6 Å². The van der Waals surface area contributed by atoms with Crippen LogP contribution in [0.5, 0.6) is 0 Å². The third kappa shape index (κ3) is 6.65. The van der Waals surface area contributed by atoms with E-state index in [1.165, 1.54) is 6.08 Å². The number of carbonyl (C=O) groups is 2. The molecule has 1 aromatic rings. The van der Waals surface area contributed by atoms with Gasteiger partial charge in [0.2, 0.25) is 0 Å². The van der Waals surface area contributed by atoms with Gasteiger partial charge < -0.3 is 25.0 Å². The molecule has 2 bridgehead atoms. The molecule has 3 aliphatic heterocycles. The Morgan fingerprint density at radius 2 is 1.93 bits per heavy atom. The topological polar surface area (TPSA) is 126 Å². The first-order chi connectivity index (χ1) is 18.9. The van der Waals surface area contributed by atoms with Gasteiger partial charge in [0, 0.05) is 24.5 Å². The molecule has 2 amide bonds. The SMILES string of the molecule is CC(C)(C=C(C#N)C(=O)N1C2CCC1(COC(=O)N[C@@H](CCc1ccccc1)B(O)O)CC2)N1CCC(F)(F)C1. The molecule has 3 aliphatic rings. The summed E-state index contributed by atoms with van der Waals surface area (Å²) in [6.45, 7) is 3.05. The van der Waals surface area contributed by atoms with Gasteiger partial charge in [0.25, 0.3) is 11.8 Å². The minimum atomic E-state index is -2.80. The summed E-state index contributed by atoms with van der Waals surface area (Å²) in [7, 11) is -1.78. The van der Waals surface area contributed by atoms with E-state index in [1.807, 2.05) is 36.4 Å². The predicted molar refractivity (Wildman–Crippen MR) is 144 cm³/mol. The highest BCUT2D eigenvalue weighted by Crippen LogP contribution is 2.47. The van der Waals surface area contributed by atoms with Crippen molar-refractivity contribution >= 4 is 19.1 Å². The molecule has 1 aromatic carbocycles. The molecule has 3 N–H and O–H groups in total. The number of benzene rings is 1. The Balaban J connectivity index is 1.40. The van der Waals surface area contributed by atoms with E-state index in [0.717, 1.165) is 5.56 Å². The van der Waals surface area contributed by atoms with Crippen LogP contribution in [-0.4, -0.2) is 87.6 Å². The largest absolute Gasteiger partial charge is 0.475 e. The van der Waals surface area contributed by atoms with Crippen LogP contribution >= 0.6 is 0 Å². The number of fused-ring (bicyclic) bond motifs is 2. The van der Waals surface area contributed by atoms with Gasteiger partial charge in [0.1, 0.15) is 18.2 Å². The van der Waals surface area contributed by atoms with E-state index in [9.17, 15) is 33.7 Å². The number of halogens is 2. The summed E-state index contributed by atoms with van der Waals surface area (Å²) in [5.41, 5.74) is -0.838. The lowest BCUT2D eigenvalue weighted by molar-refractivity contribution is -0.132. The van der Waals surface area contributed by atoms with Gasteiger partial charge in [-0.05, 0) is 64.0 Å². The fourth-order valence-corrected chi connectivity index (χ4v) is 6.22. The molecule has 216 valence electrons.